The second kappa shape index (κ2) is 4.18. The largest absolute Gasteiger partial charge is 0.508 e. The molecule has 1 aliphatic rings. The molecule has 0 fully saturated rings. The lowest BCUT2D eigenvalue weighted by molar-refractivity contribution is -0.117. The molecule has 2 aromatic carbocycles. The minimum absolute atomic E-state index is 0.0274. The van der Waals surface area contributed by atoms with Crippen molar-refractivity contribution in [1.29, 1.82) is 0 Å². The van der Waals surface area contributed by atoms with Crippen molar-refractivity contribution in [3.05, 3.63) is 59.7 Å². The van der Waals surface area contributed by atoms with Crippen molar-refractivity contribution in [1.82, 2.24) is 0 Å². The summed E-state index contributed by atoms with van der Waals surface area (Å²) >= 11 is 0. The molecule has 3 nitrogen and oxygen atoms in total. The minimum Gasteiger partial charge on any atom is -0.508 e. The van der Waals surface area contributed by atoms with E-state index in [1.165, 1.54) is 0 Å². The fourth-order valence-electron chi connectivity index (χ4n) is 2.40. The lowest BCUT2D eigenvalue weighted by Gasteiger charge is -2.09. The standard InChI is InChI=1S/C15H13NO2/c17-11-5-3-4-10(8-11)9-13-12-6-1-2-7-14(12)16-15(13)18/h1-8,13,17H,9H2,(H,16,18)/t13-/m0/s1. The number of hydrogen-bond donors (Lipinski definition) is 2. The van der Waals surface area contributed by atoms with Crippen LogP contribution in [-0.4, -0.2) is 11.0 Å². The number of nitrogens with one attached hydrogen (secondary N) is 1. The Bertz CT molecular complexity index is 607. The van der Waals surface area contributed by atoms with Gasteiger partial charge in [-0.2, -0.15) is 0 Å². The van der Waals surface area contributed by atoms with Crippen molar-refractivity contribution in [2.75, 3.05) is 5.32 Å². The van der Waals surface area contributed by atoms with Gasteiger partial charge in [-0.05, 0) is 35.7 Å². The van der Waals surface area contributed by atoms with Crippen molar-refractivity contribution >= 4 is 11.6 Å². The van der Waals surface area contributed by atoms with Gasteiger partial charge in [-0.15, -0.1) is 0 Å². The van der Waals surface area contributed by atoms with Crippen molar-refractivity contribution < 1.29 is 9.90 Å². The van der Waals surface area contributed by atoms with E-state index in [1.54, 1.807) is 18.2 Å². The molecule has 1 aliphatic heterocycles. The number of phenols is 1. The Morgan fingerprint density at radius 1 is 1.11 bits per heavy atom. The van der Waals surface area contributed by atoms with Crippen LogP contribution in [0.5, 0.6) is 5.75 Å². The number of carbonyl (C=O) groups excluding carboxylic acids is 1. The average Bonchev–Trinajstić information content (AvgIpc) is 2.66. The molecule has 1 amide bonds. The molecular weight excluding hydrogens is 226 g/mol. The highest BCUT2D eigenvalue weighted by Crippen LogP contribution is 2.34. The third-order valence-corrected chi connectivity index (χ3v) is 3.26. The predicted octanol–water partition coefficient (Wildman–Crippen LogP) is 2.67. The summed E-state index contributed by atoms with van der Waals surface area (Å²) in [6.45, 7) is 0. The van der Waals surface area contributed by atoms with Crippen LogP contribution < -0.4 is 5.32 Å². The molecule has 90 valence electrons. The molecule has 3 heteroatoms. The number of fused-ring (bicyclic) bond motifs is 1. The fourth-order valence-corrected chi connectivity index (χ4v) is 2.40. The monoisotopic (exact) mass is 239 g/mol. The van der Waals surface area contributed by atoms with Gasteiger partial charge in [0.25, 0.3) is 0 Å². The van der Waals surface area contributed by atoms with Crippen LogP contribution in [0.4, 0.5) is 5.69 Å². The normalized spacial score (nSPS) is 17.3. The van der Waals surface area contributed by atoms with E-state index in [2.05, 4.69) is 5.32 Å². The van der Waals surface area contributed by atoms with E-state index in [0.29, 0.717) is 6.42 Å². The number of phenolic OH excluding ortho intramolecular Hbond substituents is 1. The van der Waals surface area contributed by atoms with Crippen LogP contribution in [0.25, 0.3) is 0 Å². The van der Waals surface area contributed by atoms with Crippen LogP contribution in [0.3, 0.4) is 0 Å². The van der Waals surface area contributed by atoms with Crippen LogP contribution in [0.1, 0.15) is 17.0 Å². The predicted molar refractivity (Wildman–Crippen MR) is 69.6 cm³/mol. The maximum absolute atomic E-state index is 11.9. The van der Waals surface area contributed by atoms with E-state index in [-0.39, 0.29) is 17.6 Å². The molecule has 1 heterocycles. The Balaban J connectivity index is 1.91. The second-order valence-electron chi connectivity index (χ2n) is 4.50. The molecule has 0 saturated carbocycles. The quantitative estimate of drug-likeness (QED) is 0.846. The van der Waals surface area contributed by atoms with Gasteiger partial charge in [0, 0.05) is 5.69 Å². The van der Waals surface area contributed by atoms with E-state index in [0.717, 1.165) is 16.8 Å². The summed E-state index contributed by atoms with van der Waals surface area (Å²) in [6.07, 6.45) is 0.608. The number of carbonyl (C=O) groups is 1. The number of aromatic hydroxyl groups is 1. The third kappa shape index (κ3) is 1.84. The van der Waals surface area contributed by atoms with Crippen molar-refractivity contribution in [3.63, 3.8) is 0 Å². The first-order valence-corrected chi connectivity index (χ1v) is 5.92. The average molecular weight is 239 g/mol. The van der Waals surface area contributed by atoms with E-state index >= 15 is 0 Å². The van der Waals surface area contributed by atoms with Gasteiger partial charge >= 0.3 is 0 Å². The first-order valence-electron chi connectivity index (χ1n) is 5.92. The lowest BCUT2D eigenvalue weighted by atomic mass is 9.93. The smallest absolute Gasteiger partial charge is 0.232 e. The molecule has 0 unspecified atom stereocenters. The highest BCUT2D eigenvalue weighted by atomic mass is 16.3. The molecule has 0 bridgehead atoms. The second-order valence-corrected chi connectivity index (χ2v) is 4.50. The molecule has 0 aromatic heterocycles. The zero-order valence-electron chi connectivity index (χ0n) is 9.76. The molecule has 1 atom stereocenters. The zero-order valence-corrected chi connectivity index (χ0v) is 9.76. The van der Waals surface area contributed by atoms with Gasteiger partial charge in [0.2, 0.25) is 5.91 Å². The van der Waals surface area contributed by atoms with Crippen LogP contribution in [0, 0.1) is 0 Å². The van der Waals surface area contributed by atoms with Gasteiger partial charge in [-0.1, -0.05) is 30.3 Å². The molecule has 2 aromatic rings. The highest BCUT2D eigenvalue weighted by molar-refractivity contribution is 6.03. The molecule has 18 heavy (non-hydrogen) atoms. The van der Waals surface area contributed by atoms with Crippen molar-refractivity contribution in [2.24, 2.45) is 0 Å². The third-order valence-electron chi connectivity index (χ3n) is 3.26. The number of para-hydroxylation sites is 1. The van der Waals surface area contributed by atoms with Gasteiger partial charge in [0.05, 0.1) is 5.92 Å². The maximum Gasteiger partial charge on any atom is 0.232 e. The van der Waals surface area contributed by atoms with Crippen LogP contribution in [0.15, 0.2) is 48.5 Å². The Morgan fingerprint density at radius 3 is 2.78 bits per heavy atom. The minimum atomic E-state index is -0.164. The molecule has 0 radical (unpaired) electrons. The Kier molecular flexibility index (Phi) is 2.52. The summed E-state index contributed by atoms with van der Waals surface area (Å²) in [5.74, 6) is 0.0988. The van der Waals surface area contributed by atoms with Crippen molar-refractivity contribution in [2.45, 2.75) is 12.3 Å². The summed E-state index contributed by atoms with van der Waals surface area (Å²) in [7, 11) is 0. The summed E-state index contributed by atoms with van der Waals surface area (Å²) in [5, 5.41) is 12.3. The molecule has 3 rings (SSSR count). The van der Waals surface area contributed by atoms with E-state index in [4.69, 9.17) is 0 Å². The van der Waals surface area contributed by atoms with E-state index in [1.807, 2.05) is 30.3 Å². The fraction of sp³-hybridized carbons (Fsp3) is 0.133. The highest BCUT2D eigenvalue weighted by Gasteiger charge is 2.29. The molecule has 0 aliphatic carbocycles. The van der Waals surface area contributed by atoms with Gasteiger partial charge in [-0.3, -0.25) is 4.79 Å². The van der Waals surface area contributed by atoms with Crippen LogP contribution in [-0.2, 0) is 11.2 Å². The summed E-state index contributed by atoms with van der Waals surface area (Å²) in [4.78, 5) is 11.9. The SMILES string of the molecule is O=C1Nc2ccccc2[C@@H]1Cc1cccc(O)c1. The number of rotatable bonds is 2. The molecule has 2 N–H and O–H groups in total. The molecular formula is C15H13NO2. The Morgan fingerprint density at radius 2 is 1.94 bits per heavy atom. The zero-order chi connectivity index (χ0) is 12.5. The number of benzene rings is 2. The van der Waals surface area contributed by atoms with E-state index < -0.39 is 0 Å². The Hall–Kier alpha value is -2.29. The van der Waals surface area contributed by atoms with Gasteiger partial charge < -0.3 is 10.4 Å². The van der Waals surface area contributed by atoms with Crippen LogP contribution in [0.2, 0.25) is 0 Å². The van der Waals surface area contributed by atoms with Crippen LogP contribution >= 0.6 is 0 Å². The Labute approximate surface area is 105 Å². The number of anilines is 1. The molecule has 0 spiro atoms. The van der Waals surface area contributed by atoms with Gasteiger partial charge in [-0.25, -0.2) is 0 Å². The number of hydrogen-bond acceptors (Lipinski definition) is 2. The summed E-state index contributed by atoms with van der Waals surface area (Å²) < 4.78 is 0. The van der Waals surface area contributed by atoms with Gasteiger partial charge in [0.1, 0.15) is 5.75 Å². The first-order chi connectivity index (χ1) is 8.74. The maximum atomic E-state index is 11.9. The summed E-state index contributed by atoms with van der Waals surface area (Å²) in [5.41, 5.74) is 2.89. The lowest BCUT2D eigenvalue weighted by Crippen LogP contribution is -2.14. The molecule has 0 saturated heterocycles. The first kappa shape index (κ1) is 10.8. The van der Waals surface area contributed by atoms with E-state index in [9.17, 15) is 9.90 Å². The van der Waals surface area contributed by atoms with Crippen molar-refractivity contribution in [3.8, 4) is 5.75 Å². The van der Waals surface area contributed by atoms with Gasteiger partial charge in [0.15, 0.2) is 0 Å². The topological polar surface area (TPSA) is 49.3 Å². The summed E-state index contributed by atoms with van der Waals surface area (Å²) in [6, 6.07) is 14.8. The number of amides is 1.